The van der Waals surface area contributed by atoms with Gasteiger partial charge in [-0.25, -0.2) is 4.68 Å². The maximum Gasteiger partial charge on any atom is 0.181 e. The summed E-state index contributed by atoms with van der Waals surface area (Å²) >= 11 is 0. The number of nitrogens with zero attached hydrogens (tertiary/aromatic N) is 5. The lowest BCUT2D eigenvalue weighted by Crippen LogP contribution is -1.95. The normalized spacial score (nSPS) is 8.08. The van der Waals surface area contributed by atoms with Crippen molar-refractivity contribution in [2.24, 2.45) is 0 Å². The van der Waals surface area contributed by atoms with Crippen LogP contribution in [0.5, 0.6) is 0 Å². The molecule has 0 saturated carbocycles. The zero-order valence-electron chi connectivity index (χ0n) is 5.94. The van der Waals surface area contributed by atoms with Crippen molar-refractivity contribution in [1.29, 1.82) is 15.8 Å². The van der Waals surface area contributed by atoms with Gasteiger partial charge in [0.15, 0.2) is 5.69 Å². The van der Waals surface area contributed by atoms with Crippen LogP contribution >= 0.6 is 0 Å². The van der Waals surface area contributed by atoms with E-state index in [2.05, 4.69) is 11.3 Å². The largest absolute Gasteiger partial charge is 0.246 e. The fourth-order valence-electron chi connectivity index (χ4n) is 0.676. The zero-order chi connectivity index (χ0) is 8.97. The molecule has 1 radical (unpaired) electrons. The second-order valence-corrected chi connectivity index (χ2v) is 1.87. The first-order chi connectivity index (χ1) is 5.81. The molecule has 0 saturated heterocycles. The third-order valence-corrected chi connectivity index (χ3v) is 1.14. The molecule has 0 aromatic carbocycles. The Morgan fingerprint density at radius 1 is 1.33 bits per heavy atom. The number of hydrogen-bond donors (Lipinski definition) is 0. The van der Waals surface area contributed by atoms with E-state index in [0.29, 0.717) is 0 Å². The Bertz CT molecular complexity index is 377. The molecule has 1 aromatic heterocycles. The zero-order valence-corrected chi connectivity index (χ0v) is 5.94. The average molecular weight is 156 g/mol. The molecule has 1 aromatic rings. The van der Waals surface area contributed by atoms with Gasteiger partial charge in [-0.05, 0) is 0 Å². The van der Waals surface area contributed by atoms with Gasteiger partial charge in [0.2, 0.25) is 0 Å². The minimum Gasteiger partial charge on any atom is -0.246 e. The highest BCUT2D eigenvalue weighted by molar-refractivity contribution is 5.37. The van der Waals surface area contributed by atoms with E-state index in [1.165, 1.54) is 0 Å². The highest BCUT2D eigenvalue weighted by Gasteiger charge is 2.07. The summed E-state index contributed by atoms with van der Waals surface area (Å²) in [6, 6.07) is 5.31. The van der Waals surface area contributed by atoms with Crippen LogP contribution in [-0.4, -0.2) is 9.78 Å². The van der Waals surface area contributed by atoms with Gasteiger partial charge in [-0.15, -0.1) is 0 Å². The molecule has 0 amide bonds. The maximum absolute atomic E-state index is 8.46. The van der Waals surface area contributed by atoms with Gasteiger partial charge in [-0.1, -0.05) is 0 Å². The Kier molecular flexibility index (Phi) is 2.07. The van der Waals surface area contributed by atoms with Crippen molar-refractivity contribution in [3.05, 3.63) is 17.5 Å². The molecular formula is C7H2N5. The second-order valence-electron chi connectivity index (χ2n) is 1.87. The van der Waals surface area contributed by atoms with Crippen LogP contribution in [0, 0.1) is 40.2 Å². The van der Waals surface area contributed by atoms with Crippen molar-refractivity contribution in [1.82, 2.24) is 9.78 Å². The van der Waals surface area contributed by atoms with E-state index in [-0.39, 0.29) is 17.8 Å². The van der Waals surface area contributed by atoms with Crippen molar-refractivity contribution in [3.63, 3.8) is 0 Å². The van der Waals surface area contributed by atoms with Crippen LogP contribution in [-0.2, 0) is 6.54 Å². The summed E-state index contributed by atoms with van der Waals surface area (Å²) in [5.74, 6) is 0. The predicted molar refractivity (Wildman–Crippen MR) is 36.1 cm³/mol. The molecule has 1 heterocycles. The van der Waals surface area contributed by atoms with E-state index in [9.17, 15) is 0 Å². The number of hydrogen-bond acceptors (Lipinski definition) is 4. The molecule has 0 spiro atoms. The van der Waals surface area contributed by atoms with Crippen molar-refractivity contribution >= 4 is 0 Å². The highest BCUT2D eigenvalue weighted by Crippen LogP contribution is 2.01. The Morgan fingerprint density at radius 2 is 2.08 bits per heavy atom. The van der Waals surface area contributed by atoms with E-state index in [1.54, 1.807) is 12.1 Å². The van der Waals surface area contributed by atoms with Crippen LogP contribution in [0.25, 0.3) is 0 Å². The van der Waals surface area contributed by atoms with Crippen LogP contribution in [0.2, 0.25) is 0 Å². The summed E-state index contributed by atoms with van der Waals surface area (Å²) in [5.41, 5.74) is 0.0838. The molecule has 5 nitrogen and oxygen atoms in total. The summed E-state index contributed by atoms with van der Waals surface area (Å²) in [7, 11) is 0. The lowest BCUT2D eigenvalue weighted by atomic mass is 10.3. The molecule has 0 unspecified atom stereocenters. The highest BCUT2D eigenvalue weighted by atomic mass is 15.3. The number of nitriles is 3. The monoisotopic (exact) mass is 156 g/mol. The van der Waals surface area contributed by atoms with Gasteiger partial charge in [0.25, 0.3) is 0 Å². The smallest absolute Gasteiger partial charge is 0.181 e. The molecular weight excluding hydrogens is 154 g/mol. The summed E-state index contributed by atoms with van der Waals surface area (Å²) < 4.78 is 1.14. The van der Waals surface area contributed by atoms with E-state index in [1.807, 2.05) is 6.07 Å². The van der Waals surface area contributed by atoms with Gasteiger partial charge in [-0.2, -0.15) is 20.9 Å². The summed E-state index contributed by atoms with van der Waals surface area (Å²) in [6.07, 6.45) is 2.48. The van der Waals surface area contributed by atoms with Crippen molar-refractivity contribution in [2.45, 2.75) is 6.54 Å². The standard InChI is InChI=1S/C7H2N5/c8-1-2-12-5-6(3-9)7(4-10)11-12/h2H2. The average Bonchev–Trinajstić information content (AvgIpc) is 2.48. The molecule has 0 aliphatic heterocycles. The molecule has 12 heavy (non-hydrogen) atoms. The van der Waals surface area contributed by atoms with E-state index in [0.717, 1.165) is 4.68 Å². The molecule has 0 aliphatic rings. The molecule has 1 rings (SSSR count). The van der Waals surface area contributed by atoms with Gasteiger partial charge < -0.3 is 0 Å². The maximum atomic E-state index is 8.46. The lowest BCUT2D eigenvalue weighted by molar-refractivity contribution is 0.701. The van der Waals surface area contributed by atoms with Crippen LogP contribution < -0.4 is 0 Å². The minimum atomic E-state index is -0.00361. The van der Waals surface area contributed by atoms with Gasteiger partial charge in [-0.3, -0.25) is 0 Å². The fourth-order valence-corrected chi connectivity index (χ4v) is 0.676. The number of aromatic nitrogens is 2. The topological polar surface area (TPSA) is 89.2 Å². The summed E-state index contributed by atoms with van der Waals surface area (Å²) in [4.78, 5) is 0. The molecule has 0 N–H and O–H groups in total. The van der Waals surface area contributed by atoms with Crippen LogP contribution in [0.4, 0.5) is 0 Å². The molecule has 0 aliphatic carbocycles. The van der Waals surface area contributed by atoms with Crippen molar-refractivity contribution in [2.75, 3.05) is 0 Å². The SMILES string of the molecule is N#CCn1[c]c(C#N)c(C#N)n1. The molecule has 55 valence electrons. The minimum absolute atomic E-state index is 0.00361. The Balaban J connectivity index is 3.12. The first-order valence-electron chi connectivity index (χ1n) is 2.99. The van der Waals surface area contributed by atoms with E-state index < -0.39 is 0 Å². The van der Waals surface area contributed by atoms with Gasteiger partial charge in [0, 0.05) is 0 Å². The summed E-state index contributed by atoms with van der Waals surface area (Å²) in [6.45, 7) is -0.00361. The molecule has 5 heteroatoms. The molecule has 0 atom stereocenters. The lowest BCUT2D eigenvalue weighted by Gasteiger charge is -1.85. The van der Waals surface area contributed by atoms with E-state index in [4.69, 9.17) is 15.8 Å². The Labute approximate surface area is 68.7 Å². The number of rotatable bonds is 1. The quantitative estimate of drug-likeness (QED) is 0.570. The molecule has 0 fully saturated rings. The predicted octanol–water partition coefficient (Wildman–Crippen LogP) is -0.0498. The van der Waals surface area contributed by atoms with Gasteiger partial charge in [0.05, 0.1) is 6.07 Å². The van der Waals surface area contributed by atoms with E-state index >= 15 is 0 Å². The fraction of sp³-hybridized carbons (Fsp3) is 0.143. The van der Waals surface area contributed by atoms with Crippen molar-refractivity contribution in [3.8, 4) is 18.2 Å². The summed E-state index contributed by atoms with van der Waals surface area (Å²) in [5, 5.41) is 28.8. The van der Waals surface area contributed by atoms with Gasteiger partial charge >= 0.3 is 0 Å². The van der Waals surface area contributed by atoms with Crippen LogP contribution in [0.3, 0.4) is 0 Å². The van der Waals surface area contributed by atoms with Crippen molar-refractivity contribution < 1.29 is 0 Å². The van der Waals surface area contributed by atoms with Gasteiger partial charge in [0.1, 0.15) is 30.4 Å². The second kappa shape index (κ2) is 3.18. The first-order valence-corrected chi connectivity index (χ1v) is 2.99. The third-order valence-electron chi connectivity index (χ3n) is 1.14. The molecule has 0 bridgehead atoms. The Hall–Kier alpha value is -2.32. The van der Waals surface area contributed by atoms with Crippen LogP contribution in [0.1, 0.15) is 11.3 Å². The third kappa shape index (κ3) is 1.23. The Morgan fingerprint density at radius 3 is 2.50 bits per heavy atom. The first kappa shape index (κ1) is 7.78. The van der Waals surface area contributed by atoms with Crippen LogP contribution in [0.15, 0.2) is 0 Å².